The van der Waals surface area contributed by atoms with Crippen molar-refractivity contribution >= 4 is 69.6 Å². The van der Waals surface area contributed by atoms with Crippen molar-refractivity contribution in [2.75, 3.05) is 24.6 Å². The number of nitrogen functional groups attached to an aromatic ring is 2. The van der Waals surface area contributed by atoms with Gasteiger partial charge in [-0.1, -0.05) is 73.5 Å². The normalized spacial score (nSPS) is 12.4. The van der Waals surface area contributed by atoms with Gasteiger partial charge in [-0.25, -0.2) is 47.1 Å². The number of aliphatic hydroxyl groups is 1. The van der Waals surface area contributed by atoms with Gasteiger partial charge in [-0.3, -0.25) is 19.2 Å². The van der Waals surface area contributed by atoms with E-state index in [2.05, 4.69) is 30.6 Å². The Kier molecular flexibility index (Phi) is 23.4. The van der Waals surface area contributed by atoms with Crippen LogP contribution in [0.4, 0.5) is 39.0 Å². The van der Waals surface area contributed by atoms with E-state index in [0.29, 0.717) is 103 Å². The van der Waals surface area contributed by atoms with E-state index < -0.39 is 65.2 Å². The van der Waals surface area contributed by atoms with Crippen LogP contribution in [0, 0.1) is 23.3 Å². The molecule has 25 heteroatoms. The molecular formula is C70H76F4N10O11. The summed E-state index contributed by atoms with van der Waals surface area (Å²) in [4.78, 5) is 93.0. The number of nitrogens with one attached hydrogen (secondary N) is 2. The van der Waals surface area contributed by atoms with Gasteiger partial charge in [0.1, 0.15) is 29.2 Å². The molecule has 95 heavy (non-hydrogen) atoms. The molecular weight excluding hydrogens is 1230 g/mol. The Morgan fingerprint density at radius 3 is 1.31 bits per heavy atom. The Morgan fingerprint density at radius 1 is 0.516 bits per heavy atom. The number of esters is 1. The number of aliphatic hydroxyl groups excluding tert-OH is 1. The number of hydrogen-bond donors (Lipinski definition) is 6. The summed E-state index contributed by atoms with van der Waals surface area (Å²) in [5.41, 5.74) is 18.1. The number of rotatable bonds is 19. The number of nitrogens with two attached hydrogens (primary N) is 2. The Bertz CT molecular complexity index is 4110. The molecule has 6 aromatic carbocycles. The molecule has 0 atom stereocenters. The second kappa shape index (κ2) is 31.6. The monoisotopic (exact) mass is 1310 g/mol. The highest BCUT2D eigenvalue weighted by Gasteiger charge is 2.30. The molecule has 2 aliphatic heterocycles. The summed E-state index contributed by atoms with van der Waals surface area (Å²) >= 11 is 0. The first kappa shape index (κ1) is 70.6. The van der Waals surface area contributed by atoms with Crippen molar-refractivity contribution in [3.63, 3.8) is 0 Å². The van der Waals surface area contributed by atoms with Crippen molar-refractivity contribution < 1.29 is 70.8 Å². The number of halogens is 4. The van der Waals surface area contributed by atoms with Crippen molar-refractivity contribution in [3.05, 3.63) is 177 Å². The van der Waals surface area contributed by atoms with E-state index in [4.69, 9.17) is 30.8 Å². The summed E-state index contributed by atoms with van der Waals surface area (Å²) in [6.07, 6.45) is 3.42. The maximum atomic E-state index is 14.5. The van der Waals surface area contributed by atoms with E-state index in [1.807, 2.05) is 48.5 Å². The van der Waals surface area contributed by atoms with Crippen LogP contribution in [0.2, 0.25) is 0 Å². The molecule has 0 aliphatic carbocycles. The van der Waals surface area contributed by atoms with Crippen LogP contribution in [0.1, 0.15) is 147 Å². The molecule has 2 aromatic heterocycles. The molecule has 4 heterocycles. The number of ether oxygens (including phenoxy) is 3. The van der Waals surface area contributed by atoms with Gasteiger partial charge in [0.25, 0.3) is 11.8 Å². The first-order valence-corrected chi connectivity index (χ1v) is 30.9. The molecule has 500 valence electrons. The Labute approximate surface area is 546 Å². The minimum Gasteiger partial charge on any atom is -0.481 e. The van der Waals surface area contributed by atoms with Crippen molar-refractivity contribution in [2.45, 2.75) is 144 Å². The van der Waals surface area contributed by atoms with Crippen LogP contribution in [0.25, 0.3) is 44.1 Å². The molecule has 0 saturated carbocycles. The number of carboxylic acids is 1. The van der Waals surface area contributed by atoms with Gasteiger partial charge >= 0.3 is 24.1 Å². The minimum absolute atomic E-state index is 0.0332. The van der Waals surface area contributed by atoms with Gasteiger partial charge < -0.3 is 56.3 Å². The fourth-order valence-corrected chi connectivity index (χ4v) is 10.6. The van der Waals surface area contributed by atoms with Crippen LogP contribution in [-0.4, -0.2) is 100 Å². The third-order valence-electron chi connectivity index (χ3n) is 15.0. The molecule has 21 nitrogen and oxygen atoms in total. The number of amides is 4. The standard InChI is InChI=1S/C35H37F2N5O5.C24H18F2N4O2.C11H21NO4/c1-35(2,3)47-34(45)39-14-8-4-5-11-30(43)46-20-24-16-27(36)28(37)17-25(24)21-12-13-29-26(15-21)31(41-33(38)40-29)32(44)42-18-22-9-6-7-10-23(22)19-42;25-19-8-16(12-31)17(9-20(19)26)13-5-6-21-18(7-13)22(29-24(27)28-21)23(32)30-10-14-3-1-2-4-15(14)11-30;1-11(2,3)16-10(15)12-8-6-4-5-7-9(13)14/h6-7,9-10,12-13,15-17H,4-5,8,11,14,18-20H2,1-3H3,(H,39,45)(H2,38,40,41);1-9,31H,10-12H2,(H2,27,28,29);4-8H2,1-3H3,(H,12,15)(H,13,14). The lowest BCUT2D eigenvalue weighted by Crippen LogP contribution is -2.33. The topological polar surface area (TPSA) is 305 Å². The molecule has 0 radical (unpaired) electrons. The predicted octanol–water partition coefficient (Wildman–Crippen LogP) is 12.4. The SMILES string of the molecule is CC(C)(C)OC(=O)NCCCCCC(=O)O.CC(C)(C)OC(=O)NCCCCCC(=O)OCc1cc(F)c(F)cc1-c1ccc2nc(N)nc(C(=O)N3Cc4ccccc4C3)c2c1.Nc1nc(C(=O)N2Cc3ccccc3C2)c2cc(-c3cc(F)c(F)cc3CO)ccc2n1. The number of carbonyl (C=O) groups excluding carboxylic acids is 5. The number of anilines is 2. The number of aliphatic carboxylic acids is 1. The molecule has 8 aromatic rings. The first-order valence-electron chi connectivity index (χ1n) is 30.9. The number of alkyl carbamates (subject to hydrolysis) is 2. The van der Waals surface area contributed by atoms with Gasteiger partial charge in [0.05, 0.1) is 17.6 Å². The second-order valence-electron chi connectivity index (χ2n) is 24.7. The molecule has 10 rings (SSSR count). The highest BCUT2D eigenvalue weighted by molar-refractivity contribution is 6.07. The van der Waals surface area contributed by atoms with Gasteiger partial charge in [-0.2, -0.15) is 0 Å². The minimum atomic E-state index is -1.08. The van der Waals surface area contributed by atoms with Gasteiger partial charge in [0.2, 0.25) is 11.9 Å². The number of benzene rings is 6. The maximum absolute atomic E-state index is 14.5. The number of carboxylic acid groups (broad SMARTS) is 1. The molecule has 0 spiro atoms. The van der Waals surface area contributed by atoms with E-state index in [1.54, 1.807) is 87.7 Å². The van der Waals surface area contributed by atoms with E-state index >= 15 is 0 Å². The zero-order valence-electron chi connectivity index (χ0n) is 53.6. The number of carbonyl (C=O) groups is 6. The lowest BCUT2D eigenvalue weighted by atomic mass is 9.97. The second-order valence-corrected chi connectivity index (χ2v) is 24.7. The maximum Gasteiger partial charge on any atom is 0.407 e. The van der Waals surface area contributed by atoms with Crippen LogP contribution in [-0.2, 0) is 63.2 Å². The third kappa shape index (κ3) is 19.6. The number of aromatic nitrogens is 4. The molecule has 8 N–H and O–H groups in total. The summed E-state index contributed by atoms with van der Waals surface area (Å²) in [5, 5.41) is 24.1. The quantitative estimate of drug-likeness (QED) is 0.0190. The van der Waals surface area contributed by atoms with Gasteiger partial charge in [0.15, 0.2) is 23.3 Å². The summed E-state index contributed by atoms with van der Waals surface area (Å²) in [5.74, 6) is -6.24. The largest absolute Gasteiger partial charge is 0.481 e. The van der Waals surface area contributed by atoms with Crippen LogP contribution >= 0.6 is 0 Å². The summed E-state index contributed by atoms with van der Waals surface area (Å²) in [6, 6.07) is 29.5. The number of nitrogens with zero attached hydrogens (tertiary/aromatic N) is 6. The first-order chi connectivity index (χ1) is 45.1. The van der Waals surface area contributed by atoms with E-state index in [-0.39, 0.29) is 71.2 Å². The number of hydrogen-bond acceptors (Lipinski definition) is 16. The number of fused-ring (bicyclic) bond motifs is 4. The lowest BCUT2D eigenvalue weighted by molar-refractivity contribution is -0.145. The average Bonchev–Trinajstić information content (AvgIpc) is 1.64. The smallest absolute Gasteiger partial charge is 0.407 e. The van der Waals surface area contributed by atoms with Crippen molar-refractivity contribution in [3.8, 4) is 22.3 Å². The van der Waals surface area contributed by atoms with Crippen molar-refractivity contribution in [1.29, 1.82) is 0 Å². The summed E-state index contributed by atoms with van der Waals surface area (Å²) < 4.78 is 72.1. The summed E-state index contributed by atoms with van der Waals surface area (Å²) in [6.45, 7) is 12.7. The van der Waals surface area contributed by atoms with E-state index in [9.17, 15) is 51.4 Å². The van der Waals surface area contributed by atoms with Gasteiger partial charge in [0, 0.05) is 68.4 Å². The van der Waals surface area contributed by atoms with Gasteiger partial charge in [-0.05, 0) is 166 Å². The van der Waals surface area contributed by atoms with Crippen LogP contribution in [0.3, 0.4) is 0 Å². The van der Waals surface area contributed by atoms with Gasteiger partial charge in [-0.15, -0.1) is 0 Å². The van der Waals surface area contributed by atoms with Crippen LogP contribution in [0.5, 0.6) is 0 Å². The number of unbranched alkanes of at least 4 members (excludes halogenated alkanes) is 4. The van der Waals surface area contributed by atoms with Crippen molar-refractivity contribution in [2.24, 2.45) is 0 Å². The molecule has 0 fully saturated rings. The zero-order chi connectivity index (χ0) is 68.7. The summed E-state index contributed by atoms with van der Waals surface area (Å²) in [7, 11) is 0. The molecule has 0 saturated heterocycles. The molecule has 0 unspecified atom stereocenters. The van der Waals surface area contributed by atoms with Crippen LogP contribution < -0.4 is 22.1 Å². The highest BCUT2D eigenvalue weighted by Crippen LogP contribution is 2.35. The zero-order valence-corrected chi connectivity index (χ0v) is 53.6. The Hall–Kier alpha value is -10.3. The highest BCUT2D eigenvalue weighted by atomic mass is 19.2. The lowest BCUT2D eigenvalue weighted by Gasteiger charge is -2.19. The molecule has 0 bridgehead atoms. The van der Waals surface area contributed by atoms with Crippen LogP contribution in [0.15, 0.2) is 109 Å². The Balaban J connectivity index is 0.000000207. The third-order valence-corrected chi connectivity index (χ3v) is 15.0. The average molecular weight is 1310 g/mol. The van der Waals surface area contributed by atoms with Crippen molar-refractivity contribution in [1.82, 2.24) is 40.4 Å². The molecule has 2 aliphatic rings. The predicted molar refractivity (Wildman–Crippen MR) is 347 cm³/mol. The Morgan fingerprint density at radius 2 is 0.905 bits per heavy atom. The fourth-order valence-electron chi connectivity index (χ4n) is 10.6. The van der Waals surface area contributed by atoms with E-state index in [0.717, 1.165) is 59.4 Å². The molecule has 4 amide bonds. The fraction of sp³-hybridized carbons (Fsp3) is 0.343. The van der Waals surface area contributed by atoms with E-state index in [1.165, 1.54) is 0 Å².